The second kappa shape index (κ2) is 11.0. The Hall–Kier alpha value is -1.93. The first kappa shape index (κ1) is 24.2. The van der Waals surface area contributed by atoms with Crippen molar-refractivity contribution in [2.75, 3.05) is 32.7 Å². The number of sulfonamides is 1. The highest BCUT2D eigenvalue weighted by atomic mass is 35.5. The van der Waals surface area contributed by atoms with Gasteiger partial charge in [0, 0.05) is 31.1 Å². The predicted octanol–water partition coefficient (Wildman–Crippen LogP) is 4.01. The van der Waals surface area contributed by atoms with Gasteiger partial charge in [0.05, 0.1) is 10.9 Å². The molecule has 4 rings (SSSR count). The summed E-state index contributed by atoms with van der Waals surface area (Å²) in [4.78, 5) is 15.3. The van der Waals surface area contributed by atoms with Gasteiger partial charge in [0.15, 0.2) is 0 Å². The van der Waals surface area contributed by atoms with E-state index >= 15 is 0 Å². The van der Waals surface area contributed by atoms with Crippen molar-refractivity contribution in [3.8, 4) is 0 Å². The largest absolute Gasteiger partial charge is 0.354 e. The van der Waals surface area contributed by atoms with Gasteiger partial charge in [0.2, 0.25) is 15.9 Å². The summed E-state index contributed by atoms with van der Waals surface area (Å²) >= 11 is 6.45. The van der Waals surface area contributed by atoms with Gasteiger partial charge in [-0.2, -0.15) is 4.31 Å². The van der Waals surface area contributed by atoms with Crippen molar-refractivity contribution in [2.45, 2.75) is 49.5 Å². The van der Waals surface area contributed by atoms with Crippen molar-refractivity contribution in [3.63, 3.8) is 0 Å². The highest BCUT2D eigenvalue weighted by Crippen LogP contribution is 2.29. The van der Waals surface area contributed by atoms with Crippen molar-refractivity contribution < 1.29 is 13.2 Å². The van der Waals surface area contributed by atoms with Crippen LogP contribution in [0.25, 0.3) is 0 Å². The SMILES string of the molecule is O=C(CCc1ccc(S(=O)(=O)N2CCCC2)cc1)NC[C@@H](c1ccccc1Cl)N1CCCC1. The molecule has 0 unspecified atom stereocenters. The minimum atomic E-state index is -3.40. The zero-order valence-electron chi connectivity index (χ0n) is 18.9. The summed E-state index contributed by atoms with van der Waals surface area (Å²) < 4.78 is 26.9. The summed E-state index contributed by atoms with van der Waals surface area (Å²) in [5, 5.41) is 3.82. The van der Waals surface area contributed by atoms with Crippen molar-refractivity contribution in [1.29, 1.82) is 0 Å². The van der Waals surface area contributed by atoms with E-state index in [2.05, 4.69) is 10.2 Å². The molecule has 2 fully saturated rings. The average molecular weight is 490 g/mol. The fourth-order valence-electron chi connectivity index (χ4n) is 4.70. The summed E-state index contributed by atoms with van der Waals surface area (Å²) in [7, 11) is -3.40. The summed E-state index contributed by atoms with van der Waals surface area (Å²) in [6, 6.07) is 14.8. The third-order valence-electron chi connectivity index (χ3n) is 6.61. The number of carbonyl (C=O) groups excluding carboxylic acids is 1. The fraction of sp³-hybridized carbons (Fsp3) is 0.480. The van der Waals surface area contributed by atoms with Gasteiger partial charge >= 0.3 is 0 Å². The van der Waals surface area contributed by atoms with Crippen LogP contribution in [0.4, 0.5) is 0 Å². The third-order valence-corrected chi connectivity index (χ3v) is 8.86. The Morgan fingerprint density at radius 2 is 1.58 bits per heavy atom. The van der Waals surface area contributed by atoms with Crippen LogP contribution in [0.5, 0.6) is 0 Å². The standard InChI is InChI=1S/C25H32ClN3O3S/c26-23-8-2-1-7-22(23)24(28-15-3-4-16-28)19-27-25(30)14-11-20-9-12-21(13-10-20)33(31,32)29-17-5-6-18-29/h1-2,7-10,12-13,24H,3-6,11,14-19H2,(H,27,30)/t24-/m0/s1. The van der Waals surface area contributed by atoms with Crippen LogP contribution >= 0.6 is 11.6 Å². The Labute approximate surface area is 202 Å². The van der Waals surface area contributed by atoms with E-state index in [4.69, 9.17) is 11.6 Å². The van der Waals surface area contributed by atoms with E-state index in [0.717, 1.165) is 42.1 Å². The number of amides is 1. The Balaban J connectivity index is 1.31. The first-order chi connectivity index (χ1) is 15.9. The summed E-state index contributed by atoms with van der Waals surface area (Å²) in [5.41, 5.74) is 2.00. The van der Waals surface area contributed by atoms with Crippen LogP contribution < -0.4 is 5.32 Å². The van der Waals surface area contributed by atoms with Crippen molar-refractivity contribution in [2.24, 2.45) is 0 Å². The number of carbonyl (C=O) groups is 1. The highest BCUT2D eigenvalue weighted by Gasteiger charge is 2.27. The number of aryl methyl sites for hydroxylation is 1. The maximum atomic E-state index is 12.7. The zero-order valence-corrected chi connectivity index (χ0v) is 20.5. The molecule has 0 radical (unpaired) electrons. The molecule has 2 aromatic carbocycles. The summed E-state index contributed by atoms with van der Waals surface area (Å²) in [6.45, 7) is 3.74. The van der Waals surface area contributed by atoms with Crippen LogP contribution in [0.2, 0.25) is 5.02 Å². The molecule has 2 saturated heterocycles. The van der Waals surface area contributed by atoms with E-state index in [1.165, 1.54) is 12.8 Å². The molecule has 6 nitrogen and oxygen atoms in total. The Morgan fingerprint density at radius 3 is 2.24 bits per heavy atom. The molecule has 33 heavy (non-hydrogen) atoms. The number of rotatable bonds is 9. The van der Waals surface area contributed by atoms with Crippen LogP contribution in [0.15, 0.2) is 53.4 Å². The van der Waals surface area contributed by atoms with Gasteiger partial charge in [-0.3, -0.25) is 9.69 Å². The van der Waals surface area contributed by atoms with Gasteiger partial charge in [-0.15, -0.1) is 0 Å². The number of benzene rings is 2. The monoisotopic (exact) mass is 489 g/mol. The smallest absolute Gasteiger partial charge is 0.243 e. The lowest BCUT2D eigenvalue weighted by molar-refractivity contribution is -0.121. The highest BCUT2D eigenvalue weighted by molar-refractivity contribution is 7.89. The molecule has 2 heterocycles. The van der Waals surface area contributed by atoms with Crippen molar-refractivity contribution in [3.05, 3.63) is 64.7 Å². The van der Waals surface area contributed by atoms with E-state index in [9.17, 15) is 13.2 Å². The van der Waals surface area contributed by atoms with Gasteiger partial charge in [-0.25, -0.2) is 8.42 Å². The van der Waals surface area contributed by atoms with Gasteiger partial charge in [-0.05, 0) is 74.5 Å². The van der Waals surface area contributed by atoms with E-state index in [-0.39, 0.29) is 11.9 Å². The molecule has 1 amide bonds. The summed E-state index contributed by atoms with van der Waals surface area (Å²) in [6.07, 6.45) is 5.09. The molecule has 0 saturated carbocycles. The molecule has 0 aromatic heterocycles. The molecule has 1 N–H and O–H groups in total. The molecule has 2 aliphatic heterocycles. The lowest BCUT2D eigenvalue weighted by Crippen LogP contribution is -2.37. The Bertz CT molecular complexity index is 1050. The molecule has 2 aromatic rings. The molecule has 1 atom stereocenters. The topological polar surface area (TPSA) is 69.7 Å². The second-order valence-corrected chi connectivity index (χ2v) is 11.2. The number of nitrogens with one attached hydrogen (secondary N) is 1. The molecule has 0 bridgehead atoms. The van der Waals surface area contributed by atoms with E-state index < -0.39 is 10.0 Å². The number of nitrogens with zero attached hydrogens (tertiary/aromatic N) is 2. The van der Waals surface area contributed by atoms with E-state index in [1.807, 2.05) is 36.4 Å². The van der Waals surface area contributed by atoms with Gasteiger partial charge in [-0.1, -0.05) is 41.9 Å². The normalized spacial score (nSPS) is 18.5. The summed E-state index contributed by atoms with van der Waals surface area (Å²) in [5.74, 6) is -0.0139. The van der Waals surface area contributed by atoms with E-state index in [0.29, 0.717) is 37.4 Å². The Morgan fingerprint density at radius 1 is 0.939 bits per heavy atom. The number of hydrogen-bond donors (Lipinski definition) is 1. The second-order valence-electron chi connectivity index (χ2n) is 8.84. The first-order valence-electron chi connectivity index (χ1n) is 11.8. The minimum Gasteiger partial charge on any atom is -0.354 e. The molecule has 2 aliphatic rings. The average Bonchev–Trinajstić information content (AvgIpc) is 3.54. The molecule has 0 aliphatic carbocycles. The van der Waals surface area contributed by atoms with Crippen LogP contribution in [0, 0.1) is 0 Å². The minimum absolute atomic E-state index is 0.0139. The fourth-order valence-corrected chi connectivity index (χ4v) is 6.48. The van der Waals surface area contributed by atoms with Crippen LogP contribution in [-0.4, -0.2) is 56.3 Å². The van der Waals surface area contributed by atoms with Crippen LogP contribution in [-0.2, 0) is 21.2 Å². The maximum absolute atomic E-state index is 12.7. The molecule has 8 heteroatoms. The molecule has 178 valence electrons. The van der Waals surface area contributed by atoms with Gasteiger partial charge < -0.3 is 5.32 Å². The predicted molar refractivity (Wildman–Crippen MR) is 131 cm³/mol. The number of likely N-dealkylation sites (tertiary alicyclic amines) is 1. The first-order valence-corrected chi connectivity index (χ1v) is 13.6. The number of hydrogen-bond acceptors (Lipinski definition) is 4. The maximum Gasteiger partial charge on any atom is 0.243 e. The van der Waals surface area contributed by atoms with Crippen LogP contribution in [0.3, 0.4) is 0 Å². The lowest BCUT2D eigenvalue weighted by Gasteiger charge is -2.29. The van der Waals surface area contributed by atoms with Crippen molar-refractivity contribution >= 4 is 27.5 Å². The lowest BCUT2D eigenvalue weighted by atomic mass is 10.0. The van der Waals surface area contributed by atoms with Crippen LogP contribution in [0.1, 0.15) is 49.3 Å². The molecular weight excluding hydrogens is 458 g/mol. The zero-order chi connectivity index (χ0) is 23.3. The Kier molecular flexibility index (Phi) is 8.07. The molecule has 0 spiro atoms. The quantitative estimate of drug-likeness (QED) is 0.577. The van der Waals surface area contributed by atoms with E-state index in [1.54, 1.807) is 16.4 Å². The van der Waals surface area contributed by atoms with Gasteiger partial charge in [0.1, 0.15) is 0 Å². The number of halogens is 1. The third kappa shape index (κ3) is 5.96. The molecular formula is C25H32ClN3O3S. The van der Waals surface area contributed by atoms with Crippen molar-refractivity contribution in [1.82, 2.24) is 14.5 Å². The van der Waals surface area contributed by atoms with Gasteiger partial charge in [0.25, 0.3) is 0 Å².